The molecule has 41 heavy (non-hydrogen) atoms. The van der Waals surface area contributed by atoms with Gasteiger partial charge in [-0.25, -0.2) is 13.5 Å². The van der Waals surface area contributed by atoms with E-state index < -0.39 is 23.5 Å². The molecule has 1 aromatic carbocycles. The van der Waals surface area contributed by atoms with Crippen molar-refractivity contribution in [3.63, 3.8) is 0 Å². The molecule has 0 spiro atoms. The van der Waals surface area contributed by atoms with Gasteiger partial charge in [0.25, 0.3) is 5.56 Å². The third kappa shape index (κ3) is 6.22. The van der Waals surface area contributed by atoms with E-state index in [0.717, 1.165) is 18.9 Å². The van der Waals surface area contributed by atoms with Gasteiger partial charge in [-0.2, -0.15) is 5.10 Å². The minimum absolute atomic E-state index is 0.0147. The number of aryl methyl sites for hydroxylation is 1. The third-order valence-corrected chi connectivity index (χ3v) is 8.79. The van der Waals surface area contributed by atoms with Crippen molar-refractivity contribution in [1.82, 2.24) is 19.6 Å². The summed E-state index contributed by atoms with van der Waals surface area (Å²) in [5.74, 6) is -2.07. The first-order chi connectivity index (χ1) is 19.6. The van der Waals surface area contributed by atoms with Gasteiger partial charge in [-0.3, -0.25) is 14.4 Å². The zero-order valence-corrected chi connectivity index (χ0v) is 23.9. The smallest absolute Gasteiger partial charge is 0.266 e. The summed E-state index contributed by atoms with van der Waals surface area (Å²) in [6.07, 6.45) is 8.11. The molecule has 1 aliphatic carbocycles. The second kappa shape index (κ2) is 12.1. The molecule has 3 heterocycles. The van der Waals surface area contributed by atoms with E-state index in [0.29, 0.717) is 36.9 Å². The molecule has 4 atom stereocenters. The van der Waals surface area contributed by atoms with Crippen LogP contribution in [0, 0.1) is 23.5 Å². The number of hydrogen-bond donors (Lipinski definition) is 0. The summed E-state index contributed by atoms with van der Waals surface area (Å²) in [5, 5.41) is 5.03. The molecular formula is C30H34ClF2N5O3. The highest BCUT2D eigenvalue weighted by atomic mass is 35.5. The van der Waals surface area contributed by atoms with Crippen molar-refractivity contribution in [2.24, 2.45) is 18.9 Å². The minimum Gasteiger partial charge on any atom is -0.354 e. The quantitative estimate of drug-likeness (QED) is 0.545. The van der Waals surface area contributed by atoms with Crippen LogP contribution in [-0.2, 0) is 16.6 Å². The molecule has 218 valence electrons. The Morgan fingerprint density at radius 2 is 1.88 bits per heavy atom. The summed E-state index contributed by atoms with van der Waals surface area (Å²) < 4.78 is 30.0. The molecule has 0 bridgehead atoms. The van der Waals surface area contributed by atoms with Gasteiger partial charge in [-0.15, -0.1) is 0 Å². The topological polar surface area (TPSA) is 78.8 Å². The first-order valence-electron chi connectivity index (χ1n) is 14.0. The molecule has 11 heteroatoms. The van der Waals surface area contributed by atoms with E-state index in [1.165, 1.54) is 22.9 Å². The molecule has 5 rings (SSSR count). The van der Waals surface area contributed by atoms with Crippen LogP contribution in [0.3, 0.4) is 0 Å². The SMILES string of the molecule is CC(=O)N1CCN(C(=O)[C@@H]2CN(c3ccc(=O)n(C)n3)C[C@H]2c2ccc(F)cc2F)CCC[C@H]1C1C=CC(Cl)=CC1. The molecule has 2 aliphatic heterocycles. The highest BCUT2D eigenvalue weighted by Crippen LogP contribution is 2.38. The fourth-order valence-electron chi connectivity index (χ4n) is 6.36. The van der Waals surface area contributed by atoms with Gasteiger partial charge in [0.2, 0.25) is 11.8 Å². The van der Waals surface area contributed by atoms with Crippen LogP contribution in [0.25, 0.3) is 0 Å². The van der Waals surface area contributed by atoms with Crippen molar-refractivity contribution in [2.45, 2.75) is 38.1 Å². The van der Waals surface area contributed by atoms with E-state index in [1.807, 2.05) is 22.0 Å². The summed E-state index contributed by atoms with van der Waals surface area (Å²) in [6.45, 7) is 3.36. The van der Waals surface area contributed by atoms with Crippen molar-refractivity contribution < 1.29 is 18.4 Å². The Morgan fingerprint density at radius 1 is 1.07 bits per heavy atom. The van der Waals surface area contributed by atoms with Crippen molar-refractivity contribution in [3.8, 4) is 0 Å². The third-order valence-electron chi connectivity index (χ3n) is 8.51. The number of benzene rings is 1. The molecule has 0 radical (unpaired) electrons. The molecule has 2 fully saturated rings. The van der Waals surface area contributed by atoms with Crippen LogP contribution in [0.1, 0.15) is 37.7 Å². The van der Waals surface area contributed by atoms with Crippen LogP contribution in [0.15, 0.2) is 58.4 Å². The van der Waals surface area contributed by atoms with E-state index in [-0.39, 0.29) is 48.0 Å². The number of allylic oxidation sites excluding steroid dienone is 3. The lowest BCUT2D eigenvalue weighted by Crippen LogP contribution is -2.51. The lowest BCUT2D eigenvalue weighted by atomic mass is 9.86. The van der Waals surface area contributed by atoms with Crippen LogP contribution >= 0.6 is 11.6 Å². The zero-order chi connectivity index (χ0) is 29.3. The Bertz CT molecular complexity index is 1440. The molecule has 3 aliphatic rings. The Hall–Kier alpha value is -3.53. The Kier molecular flexibility index (Phi) is 8.58. The molecule has 1 unspecified atom stereocenters. The molecule has 1 aromatic heterocycles. The number of rotatable bonds is 4. The van der Waals surface area contributed by atoms with Gasteiger partial charge >= 0.3 is 0 Å². The van der Waals surface area contributed by atoms with E-state index in [2.05, 4.69) is 11.2 Å². The fraction of sp³-hybridized carbons (Fsp3) is 0.467. The van der Waals surface area contributed by atoms with Crippen molar-refractivity contribution in [3.05, 3.63) is 81.1 Å². The number of carbonyl (C=O) groups excluding carboxylic acids is 2. The van der Waals surface area contributed by atoms with Crippen LogP contribution in [0.2, 0.25) is 0 Å². The number of hydrogen-bond acceptors (Lipinski definition) is 5. The first-order valence-corrected chi connectivity index (χ1v) is 14.3. The summed E-state index contributed by atoms with van der Waals surface area (Å²) in [6, 6.07) is 6.46. The maximum Gasteiger partial charge on any atom is 0.266 e. The predicted molar refractivity (Wildman–Crippen MR) is 152 cm³/mol. The number of amides is 2. The highest BCUT2D eigenvalue weighted by molar-refractivity contribution is 6.31. The zero-order valence-electron chi connectivity index (χ0n) is 23.2. The van der Waals surface area contributed by atoms with Crippen LogP contribution in [-0.4, -0.2) is 70.2 Å². The lowest BCUT2D eigenvalue weighted by molar-refractivity contribution is -0.140. The highest BCUT2D eigenvalue weighted by Gasteiger charge is 2.43. The lowest BCUT2D eigenvalue weighted by Gasteiger charge is -2.40. The average Bonchev–Trinajstić information content (AvgIpc) is 3.35. The van der Waals surface area contributed by atoms with Crippen LogP contribution < -0.4 is 10.5 Å². The second-order valence-corrected chi connectivity index (χ2v) is 11.5. The molecule has 2 saturated heterocycles. The van der Waals surface area contributed by atoms with E-state index in [4.69, 9.17) is 11.6 Å². The van der Waals surface area contributed by atoms with Crippen molar-refractivity contribution in [2.75, 3.05) is 37.6 Å². The maximum absolute atomic E-state index is 15.0. The molecule has 8 nitrogen and oxygen atoms in total. The Balaban J connectivity index is 1.38. The van der Waals surface area contributed by atoms with E-state index in [1.54, 1.807) is 24.9 Å². The number of carbonyl (C=O) groups is 2. The summed E-state index contributed by atoms with van der Waals surface area (Å²) in [5.41, 5.74) is 0.00356. The Labute approximate surface area is 242 Å². The number of aromatic nitrogens is 2. The normalized spacial score (nSPS) is 25.1. The molecule has 2 aromatic rings. The minimum atomic E-state index is -0.698. The summed E-state index contributed by atoms with van der Waals surface area (Å²) >= 11 is 6.12. The van der Waals surface area contributed by atoms with Crippen LogP contribution in [0.5, 0.6) is 0 Å². The second-order valence-electron chi connectivity index (χ2n) is 11.0. The maximum atomic E-state index is 15.0. The Morgan fingerprint density at radius 3 is 2.56 bits per heavy atom. The first kappa shape index (κ1) is 29.0. The molecular weight excluding hydrogens is 552 g/mol. The monoisotopic (exact) mass is 585 g/mol. The van der Waals surface area contributed by atoms with Gasteiger partial charge in [-0.05, 0) is 43.0 Å². The van der Waals surface area contributed by atoms with E-state index in [9.17, 15) is 18.8 Å². The number of halogens is 3. The molecule has 0 N–H and O–H groups in total. The van der Waals surface area contributed by atoms with Crippen LogP contribution in [0.4, 0.5) is 14.6 Å². The molecule has 0 saturated carbocycles. The van der Waals surface area contributed by atoms with Crippen molar-refractivity contribution in [1.29, 1.82) is 0 Å². The van der Waals surface area contributed by atoms with Gasteiger partial charge < -0.3 is 14.7 Å². The number of anilines is 1. The summed E-state index contributed by atoms with van der Waals surface area (Å²) in [4.78, 5) is 44.2. The fourth-order valence-corrected chi connectivity index (χ4v) is 6.52. The van der Waals surface area contributed by atoms with Gasteiger partial charge in [0, 0.05) is 81.7 Å². The van der Waals surface area contributed by atoms with Gasteiger partial charge in [-0.1, -0.05) is 29.8 Å². The van der Waals surface area contributed by atoms with Gasteiger partial charge in [0.15, 0.2) is 0 Å². The van der Waals surface area contributed by atoms with Gasteiger partial charge in [0.05, 0.1) is 5.92 Å². The predicted octanol–water partition coefficient (Wildman–Crippen LogP) is 3.82. The molecule has 2 amide bonds. The standard InChI is InChI=1S/C30H34ClF2N5O3/c1-19(39)38-15-14-36(13-3-4-27(38)20-5-7-21(31)8-6-20)30(41)25-18-37(28-11-12-29(40)35(2)34-28)17-24(25)23-10-9-22(32)16-26(23)33/h5,7-12,16,20,24-25,27H,3-4,6,13-15,17-18H2,1-2H3/t20?,24-,25+,27-/m0/s1. The van der Waals surface area contributed by atoms with Gasteiger partial charge in [0.1, 0.15) is 17.5 Å². The number of nitrogens with zero attached hydrogens (tertiary/aromatic N) is 5. The summed E-state index contributed by atoms with van der Waals surface area (Å²) in [7, 11) is 1.55. The van der Waals surface area contributed by atoms with E-state index >= 15 is 4.39 Å². The van der Waals surface area contributed by atoms with Crippen molar-refractivity contribution >= 4 is 29.2 Å². The largest absolute Gasteiger partial charge is 0.354 e. The average molecular weight is 586 g/mol.